The number of carboxylic acid groups (broad SMARTS) is 1. The molecule has 2 N–H and O–H groups in total. The van der Waals surface area contributed by atoms with Gasteiger partial charge in [0, 0.05) is 17.1 Å². The first-order valence-corrected chi connectivity index (χ1v) is 8.22. The summed E-state index contributed by atoms with van der Waals surface area (Å²) in [6, 6.07) is 14.4. The topological polar surface area (TPSA) is 66.4 Å². The molecule has 0 radical (unpaired) electrons. The summed E-state index contributed by atoms with van der Waals surface area (Å²) in [5.74, 6) is -1.38. The Balaban J connectivity index is 1.96. The molecule has 0 aromatic heterocycles. The highest BCUT2D eigenvalue weighted by molar-refractivity contribution is 6.31. The fourth-order valence-corrected chi connectivity index (χ4v) is 2.60. The van der Waals surface area contributed by atoms with E-state index < -0.39 is 11.9 Å². The predicted molar refractivity (Wildman–Crippen MR) is 94.2 cm³/mol. The van der Waals surface area contributed by atoms with Crippen LogP contribution in [0.15, 0.2) is 48.5 Å². The molecule has 5 heteroatoms. The molecular formula is C19H20ClNO3. The largest absolute Gasteiger partial charge is 0.481 e. The summed E-state index contributed by atoms with van der Waals surface area (Å²) in [7, 11) is 0. The zero-order valence-electron chi connectivity index (χ0n) is 13.5. The molecule has 0 aliphatic carbocycles. The Bertz CT molecular complexity index is 713. The van der Waals surface area contributed by atoms with Crippen LogP contribution in [0.2, 0.25) is 5.02 Å². The highest BCUT2D eigenvalue weighted by Gasteiger charge is 2.15. The minimum absolute atomic E-state index is 0.188. The van der Waals surface area contributed by atoms with E-state index in [0.717, 1.165) is 11.1 Å². The second-order valence-corrected chi connectivity index (χ2v) is 6.03. The lowest BCUT2D eigenvalue weighted by molar-refractivity contribution is -0.141. The van der Waals surface area contributed by atoms with Gasteiger partial charge in [0.15, 0.2) is 0 Å². The summed E-state index contributed by atoms with van der Waals surface area (Å²) >= 11 is 6.06. The third-order valence-corrected chi connectivity index (χ3v) is 4.31. The van der Waals surface area contributed by atoms with E-state index in [0.29, 0.717) is 30.0 Å². The zero-order valence-corrected chi connectivity index (χ0v) is 14.2. The average Bonchev–Trinajstić information content (AvgIpc) is 2.59. The highest BCUT2D eigenvalue weighted by Crippen LogP contribution is 2.16. The van der Waals surface area contributed by atoms with Crippen molar-refractivity contribution < 1.29 is 14.7 Å². The number of hydrogen-bond acceptors (Lipinski definition) is 2. The van der Waals surface area contributed by atoms with Gasteiger partial charge in [0.2, 0.25) is 0 Å². The van der Waals surface area contributed by atoms with Crippen molar-refractivity contribution in [3.8, 4) is 0 Å². The van der Waals surface area contributed by atoms with Crippen LogP contribution in [0.25, 0.3) is 0 Å². The van der Waals surface area contributed by atoms with Gasteiger partial charge in [0.25, 0.3) is 5.91 Å². The second kappa shape index (κ2) is 8.50. The van der Waals surface area contributed by atoms with E-state index in [9.17, 15) is 9.59 Å². The number of carbonyl (C=O) groups is 2. The molecule has 0 heterocycles. The Morgan fingerprint density at radius 1 is 1.12 bits per heavy atom. The number of carboxylic acids is 1. The molecule has 1 atom stereocenters. The Hall–Kier alpha value is -2.33. The molecule has 24 heavy (non-hydrogen) atoms. The van der Waals surface area contributed by atoms with Crippen LogP contribution >= 0.6 is 11.6 Å². The van der Waals surface area contributed by atoms with Gasteiger partial charge >= 0.3 is 5.97 Å². The fraction of sp³-hybridized carbons (Fsp3) is 0.263. The predicted octanol–water partition coefficient (Wildman–Crippen LogP) is 3.92. The van der Waals surface area contributed by atoms with Gasteiger partial charge in [0.1, 0.15) is 0 Å². The van der Waals surface area contributed by atoms with Gasteiger partial charge < -0.3 is 10.4 Å². The maximum Gasteiger partial charge on any atom is 0.306 e. The van der Waals surface area contributed by atoms with Crippen LogP contribution in [0.3, 0.4) is 0 Å². The molecule has 1 amide bonds. The molecule has 0 aliphatic heterocycles. The highest BCUT2D eigenvalue weighted by atomic mass is 35.5. The summed E-state index contributed by atoms with van der Waals surface area (Å²) in [4.78, 5) is 23.3. The van der Waals surface area contributed by atoms with Crippen molar-refractivity contribution in [3.63, 3.8) is 0 Å². The van der Waals surface area contributed by atoms with Gasteiger partial charge in [-0.1, -0.05) is 48.9 Å². The summed E-state index contributed by atoms with van der Waals surface area (Å²) in [5.41, 5.74) is 2.30. The van der Waals surface area contributed by atoms with Gasteiger partial charge in [0.05, 0.1) is 5.92 Å². The van der Waals surface area contributed by atoms with Crippen molar-refractivity contribution in [3.05, 3.63) is 70.2 Å². The lowest BCUT2D eigenvalue weighted by Crippen LogP contribution is -2.23. The second-order valence-electron chi connectivity index (χ2n) is 5.62. The third-order valence-electron chi connectivity index (χ3n) is 3.94. The van der Waals surface area contributed by atoms with Crippen LogP contribution < -0.4 is 5.32 Å². The van der Waals surface area contributed by atoms with Crippen molar-refractivity contribution in [2.24, 2.45) is 5.92 Å². The minimum Gasteiger partial charge on any atom is -0.481 e. The number of amides is 1. The monoisotopic (exact) mass is 345 g/mol. The molecule has 0 aliphatic rings. The Morgan fingerprint density at radius 2 is 1.79 bits per heavy atom. The molecule has 4 nitrogen and oxygen atoms in total. The first kappa shape index (κ1) is 18.0. The Morgan fingerprint density at radius 3 is 2.38 bits per heavy atom. The molecular weight excluding hydrogens is 326 g/mol. The Kier molecular flexibility index (Phi) is 6.38. The summed E-state index contributed by atoms with van der Waals surface area (Å²) in [6.07, 6.45) is 1.04. The van der Waals surface area contributed by atoms with Crippen molar-refractivity contribution in [1.29, 1.82) is 0 Å². The number of nitrogens with one attached hydrogen (secondary N) is 1. The molecule has 2 rings (SSSR count). The van der Waals surface area contributed by atoms with E-state index in [4.69, 9.17) is 16.7 Å². The number of carbonyl (C=O) groups excluding carboxylic acids is 1. The van der Waals surface area contributed by atoms with Gasteiger partial charge in [-0.3, -0.25) is 9.59 Å². The lowest BCUT2D eigenvalue weighted by Gasteiger charge is -2.10. The first-order chi connectivity index (χ1) is 11.5. The van der Waals surface area contributed by atoms with Crippen LogP contribution in [0.5, 0.6) is 0 Å². The van der Waals surface area contributed by atoms with Gasteiger partial charge in [-0.05, 0) is 42.2 Å². The van der Waals surface area contributed by atoms with Crippen molar-refractivity contribution in [2.75, 3.05) is 0 Å². The maximum atomic E-state index is 12.2. The molecule has 1 unspecified atom stereocenters. The zero-order chi connectivity index (χ0) is 17.5. The van der Waals surface area contributed by atoms with Crippen LogP contribution in [0.4, 0.5) is 0 Å². The van der Waals surface area contributed by atoms with Crippen LogP contribution in [0.1, 0.15) is 34.8 Å². The molecule has 2 aromatic carbocycles. The number of aliphatic carboxylic acids is 1. The SMILES string of the molecule is CCC(Cc1ccc(C(=O)NCc2ccccc2Cl)cc1)C(=O)O. The van der Waals surface area contributed by atoms with Crippen molar-refractivity contribution in [2.45, 2.75) is 26.3 Å². The normalized spacial score (nSPS) is 11.8. The standard InChI is InChI=1S/C19H20ClNO3/c1-2-14(19(23)24)11-13-7-9-15(10-8-13)18(22)21-12-16-5-3-4-6-17(16)20/h3-10,14H,2,11-12H2,1H3,(H,21,22)(H,23,24). The molecule has 0 fully saturated rings. The van der Waals surface area contributed by atoms with Gasteiger partial charge in [-0.25, -0.2) is 0 Å². The average molecular weight is 346 g/mol. The van der Waals surface area contributed by atoms with Gasteiger partial charge in [-0.15, -0.1) is 0 Å². The van der Waals surface area contributed by atoms with E-state index in [1.165, 1.54) is 0 Å². The summed E-state index contributed by atoms with van der Waals surface area (Å²) < 4.78 is 0. The van der Waals surface area contributed by atoms with Crippen LogP contribution in [-0.4, -0.2) is 17.0 Å². The van der Waals surface area contributed by atoms with E-state index in [2.05, 4.69) is 5.32 Å². The molecule has 0 saturated carbocycles. The molecule has 126 valence electrons. The van der Waals surface area contributed by atoms with Crippen LogP contribution in [-0.2, 0) is 17.8 Å². The lowest BCUT2D eigenvalue weighted by atomic mass is 9.96. The quantitative estimate of drug-likeness (QED) is 0.799. The smallest absolute Gasteiger partial charge is 0.306 e. The first-order valence-electron chi connectivity index (χ1n) is 7.84. The van der Waals surface area contributed by atoms with Crippen molar-refractivity contribution in [1.82, 2.24) is 5.32 Å². The minimum atomic E-state index is -0.793. The Labute approximate surface area is 146 Å². The van der Waals surface area contributed by atoms with E-state index in [1.54, 1.807) is 30.3 Å². The van der Waals surface area contributed by atoms with Crippen molar-refractivity contribution >= 4 is 23.5 Å². The molecule has 0 spiro atoms. The fourth-order valence-electron chi connectivity index (χ4n) is 2.40. The number of benzene rings is 2. The third kappa shape index (κ3) is 4.83. The maximum absolute atomic E-state index is 12.2. The van der Waals surface area contributed by atoms with E-state index >= 15 is 0 Å². The molecule has 2 aromatic rings. The van der Waals surface area contributed by atoms with E-state index in [1.807, 2.05) is 25.1 Å². The molecule has 0 saturated heterocycles. The number of rotatable bonds is 7. The number of hydrogen-bond donors (Lipinski definition) is 2. The molecule has 0 bridgehead atoms. The summed E-state index contributed by atoms with van der Waals surface area (Å²) in [5, 5.41) is 12.5. The number of halogens is 1. The summed E-state index contributed by atoms with van der Waals surface area (Å²) in [6.45, 7) is 2.21. The van der Waals surface area contributed by atoms with Crippen LogP contribution in [0, 0.1) is 5.92 Å². The van der Waals surface area contributed by atoms with Gasteiger partial charge in [-0.2, -0.15) is 0 Å². The van der Waals surface area contributed by atoms with E-state index in [-0.39, 0.29) is 5.91 Å².